The molecule has 0 bridgehead atoms. The molecular formula is C56H94NO9P. The van der Waals surface area contributed by atoms with Crippen LogP contribution in [0.5, 0.6) is 0 Å². The lowest BCUT2D eigenvalue weighted by Gasteiger charge is -2.20. The van der Waals surface area contributed by atoms with E-state index in [0.29, 0.717) is 13.0 Å². The van der Waals surface area contributed by atoms with E-state index in [9.17, 15) is 19.0 Å². The first-order valence-electron chi connectivity index (χ1n) is 25.9. The molecule has 0 fully saturated rings. The molecule has 67 heavy (non-hydrogen) atoms. The van der Waals surface area contributed by atoms with Crippen molar-refractivity contribution in [2.24, 2.45) is 5.73 Å². The van der Waals surface area contributed by atoms with Crippen molar-refractivity contribution in [3.05, 3.63) is 109 Å². The van der Waals surface area contributed by atoms with Gasteiger partial charge in [0.2, 0.25) is 0 Å². The zero-order valence-corrected chi connectivity index (χ0v) is 42.8. The van der Waals surface area contributed by atoms with E-state index in [4.69, 9.17) is 29.4 Å². The van der Waals surface area contributed by atoms with Crippen molar-refractivity contribution in [3.8, 4) is 0 Å². The highest BCUT2D eigenvalue weighted by atomic mass is 31.2. The molecule has 10 nitrogen and oxygen atoms in total. The van der Waals surface area contributed by atoms with Gasteiger partial charge in [-0.15, -0.1) is 0 Å². The molecule has 0 rings (SSSR count). The number of hydrogen-bond acceptors (Lipinski definition) is 8. The highest BCUT2D eigenvalue weighted by molar-refractivity contribution is 7.47. The van der Waals surface area contributed by atoms with Gasteiger partial charge in [-0.2, -0.15) is 0 Å². The molecule has 0 aliphatic carbocycles. The Labute approximate surface area is 408 Å². The third-order valence-corrected chi connectivity index (χ3v) is 11.5. The number of carboxylic acid groups (broad SMARTS) is 1. The number of carbonyl (C=O) groups excluding carboxylic acids is 1. The first kappa shape index (κ1) is 63.6. The van der Waals surface area contributed by atoms with Crippen molar-refractivity contribution in [2.75, 3.05) is 26.4 Å². The first-order valence-corrected chi connectivity index (χ1v) is 27.4. The number of aliphatic carboxylic acids is 1. The SMILES string of the molecule is CC/C=C\C/C=C\C/C=C\C/C=C\C/C=C\C/C=C\CCCCCCCOCC(COP(=O)(O)OCC(N)C(=O)O)OC(=O)CCCCCCCC/C=C\C/C=C\C/C=C\CCCCCCC. The van der Waals surface area contributed by atoms with Crippen molar-refractivity contribution >= 4 is 19.8 Å². The number of nitrogens with two attached hydrogens (primary N) is 1. The predicted octanol–water partition coefficient (Wildman–Crippen LogP) is 15.4. The second kappa shape index (κ2) is 50.5. The lowest BCUT2D eigenvalue weighted by atomic mass is 10.1. The summed E-state index contributed by atoms with van der Waals surface area (Å²) in [7, 11) is -4.64. The van der Waals surface area contributed by atoms with Gasteiger partial charge in [0.15, 0.2) is 0 Å². The topological polar surface area (TPSA) is 155 Å². The van der Waals surface area contributed by atoms with Gasteiger partial charge >= 0.3 is 19.8 Å². The minimum Gasteiger partial charge on any atom is -0.480 e. The molecule has 4 N–H and O–H groups in total. The van der Waals surface area contributed by atoms with Crippen LogP contribution in [-0.2, 0) is 32.7 Å². The maximum Gasteiger partial charge on any atom is 0.472 e. The van der Waals surface area contributed by atoms with Crippen LogP contribution in [0.25, 0.3) is 0 Å². The Kier molecular flexibility index (Phi) is 48.0. The average molecular weight is 956 g/mol. The standard InChI is InChI=1S/C56H94NO9P/c1-3-5-7-9-11-13-15-17-19-21-23-25-26-27-29-31-33-35-37-39-41-43-45-47-49-63-50-53(51-64-67(61,62)65-52-54(57)56(59)60)66-55(58)48-46-44-42-40-38-36-34-32-30-28-24-22-20-18-16-14-12-10-8-6-4-2/h5,7,11,13,16-19,22-25,27,29-30,32-33,35,53-54H,3-4,6,8-10,12,14-15,20-21,26,28,31,34,36-52,57H2,1-2H3,(H,59,60)(H,61,62)/b7-5-,13-11-,18-16-,19-17-,24-22-,25-23-,29-27-,32-30-,35-33-. The number of unbranched alkanes of at least 4 members (excludes halogenated alkanes) is 16. The smallest absolute Gasteiger partial charge is 0.472 e. The van der Waals surface area contributed by atoms with E-state index in [1.165, 1.54) is 38.5 Å². The van der Waals surface area contributed by atoms with Gasteiger partial charge < -0.3 is 25.2 Å². The molecule has 0 aromatic carbocycles. The van der Waals surface area contributed by atoms with E-state index < -0.39 is 45.1 Å². The number of carbonyl (C=O) groups is 2. The third kappa shape index (κ3) is 50.3. The van der Waals surface area contributed by atoms with Crippen LogP contribution >= 0.6 is 7.82 Å². The van der Waals surface area contributed by atoms with Gasteiger partial charge in [-0.3, -0.25) is 18.6 Å². The minimum absolute atomic E-state index is 0.00947. The average Bonchev–Trinajstić information content (AvgIpc) is 3.31. The number of esters is 1. The minimum atomic E-state index is -4.64. The number of phosphoric acid groups is 1. The van der Waals surface area contributed by atoms with Gasteiger partial charge in [0, 0.05) is 13.0 Å². The molecule has 0 amide bonds. The van der Waals surface area contributed by atoms with Crippen molar-refractivity contribution in [1.29, 1.82) is 0 Å². The summed E-state index contributed by atoms with van der Waals surface area (Å²) in [6.45, 7) is 3.68. The second-order valence-corrected chi connectivity index (χ2v) is 18.4. The van der Waals surface area contributed by atoms with E-state index >= 15 is 0 Å². The Balaban J connectivity index is 4.26. The quantitative estimate of drug-likeness (QED) is 0.0232. The Morgan fingerprint density at radius 3 is 1.30 bits per heavy atom. The molecule has 0 spiro atoms. The Morgan fingerprint density at radius 1 is 0.493 bits per heavy atom. The molecule has 0 aromatic rings. The number of carboxylic acids is 1. The van der Waals surface area contributed by atoms with Crippen LogP contribution in [0.2, 0.25) is 0 Å². The number of ether oxygens (including phenoxy) is 2. The molecule has 0 radical (unpaired) electrons. The number of hydrogen-bond donors (Lipinski definition) is 3. The summed E-state index contributed by atoms with van der Waals surface area (Å²) in [4.78, 5) is 33.7. The summed E-state index contributed by atoms with van der Waals surface area (Å²) >= 11 is 0. The summed E-state index contributed by atoms with van der Waals surface area (Å²) < 4.78 is 33.5. The van der Waals surface area contributed by atoms with Crippen LogP contribution in [0.3, 0.4) is 0 Å². The van der Waals surface area contributed by atoms with Crippen LogP contribution < -0.4 is 5.73 Å². The molecule has 3 atom stereocenters. The summed E-state index contributed by atoms with van der Waals surface area (Å²) in [5.74, 6) is -1.81. The molecule has 0 aliphatic rings. The first-order chi connectivity index (χ1) is 32.7. The summed E-state index contributed by atoms with van der Waals surface area (Å²) in [6, 6.07) is -1.49. The summed E-state index contributed by atoms with van der Waals surface area (Å²) in [5.41, 5.74) is 5.37. The fraction of sp³-hybridized carbons (Fsp3) is 0.643. The van der Waals surface area contributed by atoms with Crippen molar-refractivity contribution in [1.82, 2.24) is 0 Å². The van der Waals surface area contributed by atoms with E-state index in [-0.39, 0.29) is 13.0 Å². The van der Waals surface area contributed by atoms with Crippen LogP contribution in [0.1, 0.15) is 194 Å². The van der Waals surface area contributed by atoms with Gasteiger partial charge in [-0.05, 0) is 103 Å². The van der Waals surface area contributed by atoms with Gasteiger partial charge in [0.1, 0.15) is 12.1 Å². The number of allylic oxidation sites excluding steroid dienone is 18. The van der Waals surface area contributed by atoms with Gasteiger partial charge in [-0.25, -0.2) is 4.57 Å². The number of phosphoric ester groups is 1. The van der Waals surface area contributed by atoms with Crippen LogP contribution in [-0.4, -0.2) is 60.5 Å². The third-order valence-electron chi connectivity index (χ3n) is 10.5. The van der Waals surface area contributed by atoms with Crippen LogP contribution in [0, 0.1) is 0 Å². The Morgan fingerprint density at radius 2 is 0.866 bits per heavy atom. The van der Waals surface area contributed by atoms with E-state index in [1.807, 2.05) is 0 Å². The highest BCUT2D eigenvalue weighted by Crippen LogP contribution is 2.43. The van der Waals surface area contributed by atoms with E-state index in [0.717, 1.165) is 128 Å². The molecule has 0 saturated carbocycles. The van der Waals surface area contributed by atoms with Gasteiger partial charge in [0.05, 0.1) is 19.8 Å². The highest BCUT2D eigenvalue weighted by Gasteiger charge is 2.27. The van der Waals surface area contributed by atoms with E-state index in [1.54, 1.807) is 0 Å². The zero-order chi connectivity index (χ0) is 49.0. The van der Waals surface area contributed by atoms with Crippen molar-refractivity contribution in [3.63, 3.8) is 0 Å². The number of rotatable bonds is 48. The molecule has 0 aliphatic heterocycles. The lowest BCUT2D eigenvalue weighted by molar-refractivity contribution is -0.154. The summed E-state index contributed by atoms with van der Waals surface area (Å²) in [6.07, 6.45) is 68.5. The normalized spacial score (nSPS) is 14.6. The molecule has 382 valence electrons. The van der Waals surface area contributed by atoms with Crippen LogP contribution in [0.15, 0.2) is 109 Å². The second-order valence-electron chi connectivity index (χ2n) is 16.9. The molecule has 11 heteroatoms. The van der Waals surface area contributed by atoms with Crippen molar-refractivity contribution in [2.45, 2.75) is 206 Å². The molecular weight excluding hydrogens is 862 g/mol. The Hall–Kier alpha value is -3.37. The van der Waals surface area contributed by atoms with Gasteiger partial charge in [0.25, 0.3) is 0 Å². The zero-order valence-electron chi connectivity index (χ0n) is 42.0. The molecule has 0 saturated heterocycles. The van der Waals surface area contributed by atoms with Gasteiger partial charge in [-0.1, -0.05) is 194 Å². The lowest BCUT2D eigenvalue weighted by Crippen LogP contribution is -2.34. The fourth-order valence-corrected chi connectivity index (χ4v) is 7.33. The maximum absolute atomic E-state index is 12.7. The molecule has 0 aromatic heterocycles. The van der Waals surface area contributed by atoms with E-state index in [2.05, 4.69) is 123 Å². The van der Waals surface area contributed by atoms with Crippen LogP contribution in [0.4, 0.5) is 0 Å². The fourth-order valence-electron chi connectivity index (χ4n) is 6.55. The molecule has 0 heterocycles. The monoisotopic (exact) mass is 956 g/mol. The maximum atomic E-state index is 12.7. The predicted molar refractivity (Wildman–Crippen MR) is 281 cm³/mol. The summed E-state index contributed by atoms with van der Waals surface area (Å²) in [5, 5.41) is 8.94. The Bertz CT molecular complexity index is 1480. The largest absolute Gasteiger partial charge is 0.480 e. The molecule has 3 unspecified atom stereocenters. The van der Waals surface area contributed by atoms with Crippen molar-refractivity contribution < 1.29 is 42.7 Å².